The molecule has 1 aromatic carbocycles. The minimum absolute atomic E-state index is 0.256. The number of nitrogens with two attached hydrogens (primary N) is 1. The maximum absolute atomic E-state index is 10.7. The van der Waals surface area contributed by atoms with Crippen LogP contribution in [-0.2, 0) is 5.33 Å². The zero-order valence-corrected chi connectivity index (χ0v) is 7.84. The first kappa shape index (κ1) is 9.06. The highest BCUT2D eigenvalue weighted by Crippen LogP contribution is 2.19. The molecule has 3 nitrogen and oxygen atoms in total. The smallest absolute Gasteiger partial charge is 0.336 e. The molecule has 0 saturated heterocycles. The molecule has 0 unspecified atom stereocenters. The minimum Gasteiger partial charge on any atom is -0.478 e. The van der Waals surface area contributed by atoms with Gasteiger partial charge in [0.25, 0.3) is 0 Å². The van der Waals surface area contributed by atoms with Gasteiger partial charge in [0.2, 0.25) is 0 Å². The largest absolute Gasteiger partial charge is 0.478 e. The first-order valence-corrected chi connectivity index (χ1v) is 4.45. The second-order valence-electron chi connectivity index (χ2n) is 2.31. The van der Waals surface area contributed by atoms with Crippen LogP contribution in [0, 0.1) is 0 Å². The Kier molecular flexibility index (Phi) is 2.70. The number of hydrogen-bond donors (Lipinski definition) is 2. The third kappa shape index (κ3) is 1.58. The molecule has 0 aliphatic rings. The number of aromatic carboxylic acids is 1. The monoisotopic (exact) mass is 229 g/mol. The Morgan fingerprint density at radius 3 is 2.67 bits per heavy atom. The molecular formula is C8H8BrNO2. The zero-order valence-electron chi connectivity index (χ0n) is 6.25. The van der Waals surface area contributed by atoms with Crippen LogP contribution in [0.25, 0.3) is 0 Å². The predicted molar refractivity (Wildman–Crippen MR) is 50.4 cm³/mol. The Morgan fingerprint density at radius 1 is 1.58 bits per heavy atom. The predicted octanol–water partition coefficient (Wildman–Crippen LogP) is 1.86. The van der Waals surface area contributed by atoms with Crippen molar-refractivity contribution < 1.29 is 9.90 Å². The highest BCUT2D eigenvalue weighted by Gasteiger charge is 2.10. The quantitative estimate of drug-likeness (QED) is 0.602. The number of alkyl halides is 1. The van der Waals surface area contributed by atoms with Crippen molar-refractivity contribution in [1.29, 1.82) is 0 Å². The van der Waals surface area contributed by atoms with Crippen LogP contribution in [-0.4, -0.2) is 11.1 Å². The standard InChI is InChI=1S/C8H8BrNO2/c9-4-6-5(8(11)12)2-1-3-7(6)10/h1-3H,4,10H2,(H,11,12). The van der Waals surface area contributed by atoms with Gasteiger partial charge in [0.15, 0.2) is 0 Å². The van der Waals surface area contributed by atoms with Gasteiger partial charge >= 0.3 is 5.97 Å². The van der Waals surface area contributed by atoms with Gasteiger partial charge in [-0.1, -0.05) is 22.0 Å². The van der Waals surface area contributed by atoms with Crippen molar-refractivity contribution in [2.75, 3.05) is 5.73 Å². The molecule has 0 aliphatic heterocycles. The Balaban J connectivity index is 3.27. The van der Waals surface area contributed by atoms with E-state index in [4.69, 9.17) is 10.8 Å². The molecule has 0 saturated carbocycles. The summed E-state index contributed by atoms with van der Waals surface area (Å²) in [6, 6.07) is 4.85. The number of rotatable bonds is 2. The van der Waals surface area contributed by atoms with E-state index in [1.54, 1.807) is 12.1 Å². The van der Waals surface area contributed by atoms with Crippen molar-refractivity contribution in [3.63, 3.8) is 0 Å². The van der Waals surface area contributed by atoms with Crippen LogP contribution < -0.4 is 5.73 Å². The van der Waals surface area contributed by atoms with Crippen LogP contribution in [0.1, 0.15) is 15.9 Å². The number of carboxylic acids is 1. The number of carbonyl (C=O) groups is 1. The molecule has 0 radical (unpaired) electrons. The van der Waals surface area contributed by atoms with E-state index in [1.165, 1.54) is 6.07 Å². The molecule has 4 heteroatoms. The summed E-state index contributed by atoms with van der Waals surface area (Å²) in [5.74, 6) is -0.947. The van der Waals surface area contributed by atoms with Crippen LogP contribution in [0.4, 0.5) is 5.69 Å². The summed E-state index contributed by atoms with van der Waals surface area (Å²) in [6.45, 7) is 0. The molecular weight excluding hydrogens is 222 g/mol. The molecule has 64 valence electrons. The molecule has 0 bridgehead atoms. The summed E-state index contributed by atoms with van der Waals surface area (Å²) in [4.78, 5) is 10.7. The SMILES string of the molecule is Nc1cccc(C(=O)O)c1CBr. The summed E-state index contributed by atoms with van der Waals surface area (Å²) in [6.07, 6.45) is 0. The molecule has 0 amide bonds. The average Bonchev–Trinajstić information content (AvgIpc) is 2.03. The van der Waals surface area contributed by atoms with Crippen molar-refractivity contribution in [2.24, 2.45) is 0 Å². The topological polar surface area (TPSA) is 63.3 Å². The van der Waals surface area contributed by atoms with Crippen LogP contribution in [0.2, 0.25) is 0 Å². The van der Waals surface area contributed by atoms with E-state index in [2.05, 4.69) is 15.9 Å². The van der Waals surface area contributed by atoms with Crippen LogP contribution in [0.3, 0.4) is 0 Å². The van der Waals surface area contributed by atoms with Gasteiger partial charge in [0.1, 0.15) is 0 Å². The van der Waals surface area contributed by atoms with Gasteiger partial charge in [-0.2, -0.15) is 0 Å². The molecule has 1 rings (SSSR count). The Labute approximate surface area is 78.3 Å². The van der Waals surface area contributed by atoms with Gasteiger partial charge in [-0.3, -0.25) is 0 Å². The Morgan fingerprint density at radius 2 is 2.25 bits per heavy atom. The summed E-state index contributed by atoms with van der Waals surface area (Å²) in [7, 11) is 0. The summed E-state index contributed by atoms with van der Waals surface area (Å²) >= 11 is 3.18. The van der Waals surface area contributed by atoms with E-state index in [0.29, 0.717) is 16.6 Å². The molecule has 0 atom stereocenters. The lowest BCUT2D eigenvalue weighted by Crippen LogP contribution is -2.03. The number of hydrogen-bond acceptors (Lipinski definition) is 2. The van der Waals surface area contributed by atoms with Crippen LogP contribution in [0.5, 0.6) is 0 Å². The van der Waals surface area contributed by atoms with Gasteiger partial charge in [-0.05, 0) is 12.1 Å². The van der Waals surface area contributed by atoms with Gasteiger partial charge in [-0.15, -0.1) is 0 Å². The van der Waals surface area contributed by atoms with Crippen molar-refractivity contribution in [1.82, 2.24) is 0 Å². The normalized spacial score (nSPS) is 9.75. The number of halogens is 1. The molecule has 12 heavy (non-hydrogen) atoms. The van der Waals surface area contributed by atoms with Crippen LogP contribution in [0.15, 0.2) is 18.2 Å². The summed E-state index contributed by atoms with van der Waals surface area (Å²) < 4.78 is 0. The molecule has 0 heterocycles. The van der Waals surface area contributed by atoms with E-state index in [0.717, 1.165) is 0 Å². The van der Waals surface area contributed by atoms with Gasteiger partial charge in [0, 0.05) is 16.6 Å². The van der Waals surface area contributed by atoms with Crippen molar-refractivity contribution in [3.8, 4) is 0 Å². The second kappa shape index (κ2) is 3.58. The molecule has 0 aliphatic carbocycles. The summed E-state index contributed by atoms with van der Waals surface area (Å²) in [5, 5.41) is 9.20. The first-order valence-electron chi connectivity index (χ1n) is 3.33. The van der Waals surface area contributed by atoms with E-state index in [1.807, 2.05) is 0 Å². The summed E-state index contributed by atoms with van der Waals surface area (Å²) in [5.41, 5.74) is 6.97. The first-order chi connectivity index (χ1) is 5.66. The third-order valence-corrected chi connectivity index (χ3v) is 2.14. The van der Waals surface area contributed by atoms with Crippen molar-refractivity contribution in [3.05, 3.63) is 29.3 Å². The number of benzene rings is 1. The van der Waals surface area contributed by atoms with Gasteiger partial charge in [-0.25, -0.2) is 4.79 Å². The van der Waals surface area contributed by atoms with Gasteiger partial charge in [0.05, 0.1) is 5.56 Å². The lowest BCUT2D eigenvalue weighted by Gasteiger charge is -2.04. The fraction of sp³-hybridized carbons (Fsp3) is 0.125. The van der Waals surface area contributed by atoms with E-state index >= 15 is 0 Å². The number of nitrogen functional groups attached to an aromatic ring is 1. The molecule has 3 N–H and O–H groups in total. The minimum atomic E-state index is -0.947. The third-order valence-electron chi connectivity index (χ3n) is 1.58. The highest BCUT2D eigenvalue weighted by atomic mass is 79.9. The number of carboxylic acid groups (broad SMARTS) is 1. The molecule has 1 aromatic rings. The van der Waals surface area contributed by atoms with E-state index in [-0.39, 0.29) is 5.56 Å². The highest BCUT2D eigenvalue weighted by molar-refractivity contribution is 9.08. The second-order valence-corrected chi connectivity index (χ2v) is 2.87. The van der Waals surface area contributed by atoms with Crippen molar-refractivity contribution in [2.45, 2.75) is 5.33 Å². The maximum Gasteiger partial charge on any atom is 0.336 e. The molecule has 0 fully saturated rings. The van der Waals surface area contributed by atoms with Crippen LogP contribution >= 0.6 is 15.9 Å². The lowest BCUT2D eigenvalue weighted by molar-refractivity contribution is 0.0696. The van der Waals surface area contributed by atoms with E-state index in [9.17, 15) is 4.79 Å². The lowest BCUT2D eigenvalue weighted by atomic mass is 10.1. The van der Waals surface area contributed by atoms with Gasteiger partial charge < -0.3 is 10.8 Å². The van der Waals surface area contributed by atoms with Crippen molar-refractivity contribution >= 4 is 27.6 Å². The number of anilines is 1. The fourth-order valence-corrected chi connectivity index (χ4v) is 1.58. The van der Waals surface area contributed by atoms with E-state index < -0.39 is 5.97 Å². The zero-order chi connectivity index (χ0) is 9.14. The Hall–Kier alpha value is -1.03. The average molecular weight is 230 g/mol. The fourth-order valence-electron chi connectivity index (χ4n) is 0.954. The Bertz CT molecular complexity index is 312. The molecule has 0 spiro atoms. The maximum atomic E-state index is 10.7. The molecule has 0 aromatic heterocycles.